The maximum absolute atomic E-state index is 13.2. The van der Waals surface area contributed by atoms with Crippen LogP contribution in [0.15, 0.2) is 71.8 Å². The molecule has 0 saturated carbocycles. The van der Waals surface area contributed by atoms with Gasteiger partial charge in [-0.25, -0.2) is 4.39 Å². The highest BCUT2D eigenvalue weighted by Gasteiger charge is 2.35. The summed E-state index contributed by atoms with van der Waals surface area (Å²) in [5, 5.41) is 9.54. The summed E-state index contributed by atoms with van der Waals surface area (Å²) in [6.07, 6.45) is 3.21. The third-order valence-corrected chi connectivity index (χ3v) is 4.93. The topological polar surface area (TPSA) is 79.6 Å². The van der Waals surface area contributed by atoms with Crippen molar-refractivity contribution in [1.29, 1.82) is 5.26 Å². The average molecular weight is 432 g/mol. The first kappa shape index (κ1) is 22.5. The van der Waals surface area contributed by atoms with Gasteiger partial charge in [0.1, 0.15) is 24.1 Å². The average Bonchev–Trinajstić information content (AvgIpc) is 2.80. The van der Waals surface area contributed by atoms with Gasteiger partial charge in [-0.3, -0.25) is 14.5 Å². The molecule has 3 rings (SSSR count). The van der Waals surface area contributed by atoms with Gasteiger partial charge in [-0.05, 0) is 54.0 Å². The molecule has 1 aliphatic rings. The summed E-state index contributed by atoms with van der Waals surface area (Å²) in [5.74, 6) is -0.661. The third-order valence-electron chi connectivity index (χ3n) is 4.93. The summed E-state index contributed by atoms with van der Waals surface area (Å²) >= 11 is 0. The van der Waals surface area contributed by atoms with Crippen LogP contribution in [0.2, 0.25) is 0 Å². The zero-order valence-electron chi connectivity index (χ0n) is 17.7. The van der Waals surface area contributed by atoms with Crippen molar-refractivity contribution in [2.45, 2.75) is 13.5 Å². The molecule has 2 aromatic rings. The predicted octanol–water partition coefficient (Wildman–Crippen LogP) is 4.19. The van der Waals surface area contributed by atoms with E-state index in [1.54, 1.807) is 37.3 Å². The minimum Gasteiger partial charge on any atom is -0.493 e. The van der Waals surface area contributed by atoms with E-state index in [9.17, 15) is 19.2 Å². The summed E-state index contributed by atoms with van der Waals surface area (Å²) in [7, 11) is 1.50. The summed E-state index contributed by atoms with van der Waals surface area (Å²) in [5.41, 5.74) is 1.59. The van der Waals surface area contributed by atoms with E-state index in [0.717, 1.165) is 4.90 Å². The molecule has 0 atom stereocenters. The van der Waals surface area contributed by atoms with Crippen LogP contribution in [0.5, 0.6) is 11.5 Å². The lowest BCUT2D eigenvalue weighted by Gasteiger charge is -2.27. The lowest BCUT2D eigenvalue weighted by atomic mass is 9.93. The van der Waals surface area contributed by atoms with Crippen LogP contribution in [0.3, 0.4) is 0 Å². The van der Waals surface area contributed by atoms with Crippen LogP contribution in [0.4, 0.5) is 4.39 Å². The second-order valence-corrected chi connectivity index (χ2v) is 7.00. The zero-order valence-corrected chi connectivity index (χ0v) is 17.7. The van der Waals surface area contributed by atoms with Crippen molar-refractivity contribution >= 4 is 17.9 Å². The zero-order chi connectivity index (χ0) is 23.3. The maximum atomic E-state index is 13.2. The molecule has 0 spiro atoms. The summed E-state index contributed by atoms with van der Waals surface area (Å²) in [6.45, 7) is 5.40. The molecule has 7 heteroatoms. The fourth-order valence-corrected chi connectivity index (χ4v) is 3.25. The molecular formula is C25H21FN2O4. The molecule has 2 aromatic carbocycles. The van der Waals surface area contributed by atoms with Crippen molar-refractivity contribution in [2.75, 3.05) is 13.7 Å². The number of hydrogen-bond donors (Lipinski definition) is 0. The molecule has 0 fully saturated rings. The van der Waals surface area contributed by atoms with Gasteiger partial charge in [0, 0.05) is 5.57 Å². The molecule has 0 unspecified atom stereocenters. The largest absolute Gasteiger partial charge is 0.493 e. The van der Waals surface area contributed by atoms with Crippen molar-refractivity contribution < 1.29 is 23.5 Å². The van der Waals surface area contributed by atoms with Crippen molar-refractivity contribution in [3.63, 3.8) is 0 Å². The van der Waals surface area contributed by atoms with Crippen molar-refractivity contribution in [1.82, 2.24) is 4.90 Å². The van der Waals surface area contributed by atoms with E-state index in [1.165, 1.54) is 31.4 Å². The first-order valence-electron chi connectivity index (χ1n) is 9.75. The fraction of sp³-hybridized carbons (Fsp3) is 0.160. The predicted molar refractivity (Wildman–Crippen MR) is 117 cm³/mol. The van der Waals surface area contributed by atoms with Crippen LogP contribution in [0.25, 0.3) is 6.08 Å². The fourth-order valence-electron chi connectivity index (χ4n) is 3.25. The molecule has 2 amide bonds. The number of nitrogens with zero attached hydrogens (tertiary/aromatic N) is 2. The molecule has 0 aliphatic carbocycles. The van der Waals surface area contributed by atoms with Crippen LogP contribution >= 0.6 is 0 Å². The van der Waals surface area contributed by atoms with Gasteiger partial charge < -0.3 is 9.47 Å². The number of amides is 2. The number of benzene rings is 2. The summed E-state index contributed by atoms with van der Waals surface area (Å²) in [6, 6.07) is 12.5. The smallest absolute Gasteiger partial charge is 0.271 e. The molecule has 0 saturated heterocycles. The number of imide groups is 1. The Morgan fingerprint density at radius 2 is 1.84 bits per heavy atom. The van der Waals surface area contributed by atoms with Crippen molar-refractivity contribution in [3.05, 3.63) is 88.8 Å². The number of hydrogen-bond acceptors (Lipinski definition) is 5. The second-order valence-electron chi connectivity index (χ2n) is 7.00. The molecule has 6 nitrogen and oxygen atoms in total. The Labute approximate surface area is 185 Å². The first-order chi connectivity index (χ1) is 15.4. The Balaban J connectivity index is 2.01. The quantitative estimate of drug-likeness (QED) is 0.372. The third kappa shape index (κ3) is 4.60. The van der Waals surface area contributed by atoms with Crippen LogP contribution in [0.1, 0.15) is 18.1 Å². The first-order valence-corrected chi connectivity index (χ1v) is 9.75. The number of carbonyl (C=O) groups excluding carboxylic acids is 2. The molecule has 162 valence electrons. The van der Waals surface area contributed by atoms with Gasteiger partial charge in [0.15, 0.2) is 11.5 Å². The van der Waals surface area contributed by atoms with Crippen LogP contribution in [-0.4, -0.2) is 30.4 Å². The highest BCUT2D eigenvalue weighted by atomic mass is 19.1. The van der Waals surface area contributed by atoms with E-state index in [0.29, 0.717) is 34.8 Å². The van der Waals surface area contributed by atoms with Gasteiger partial charge >= 0.3 is 0 Å². The Morgan fingerprint density at radius 3 is 2.47 bits per heavy atom. The lowest BCUT2D eigenvalue weighted by molar-refractivity contribution is -0.141. The van der Waals surface area contributed by atoms with E-state index in [2.05, 4.69) is 6.58 Å². The van der Waals surface area contributed by atoms with E-state index < -0.39 is 17.6 Å². The molecule has 32 heavy (non-hydrogen) atoms. The second kappa shape index (κ2) is 9.75. The Bertz CT molecular complexity index is 1170. The number of methoxy groups -OCH3 is 1. The summed E-state index contributed by atoms with van der Waals surface area (Å²) < 4.78 is 24.1. The van der Waals surface area contributed by atoms with Gasteiger partial charge in [0.05, 0.1) is 13.7 Å². The monoisotopic (exact) mass is 432 g/mol. The van der Waals surface area contributed by atoms with Crippen LogP contribution in [-0.2, 0) is 16.1 Å². The van der Waals surface area contributed by atoms with Gasteiger partial charge in [0.2, 0.25) is 0 Å². The molecule has 0 aromatic heterocycles. The van der Waals surface area contributed by atoms with Crippen LogP contribution < -0.4 is 9.47 Å². The maximum Gasteiger partial charge on any atom is 0.271 e. The van der Waals surface area contributed by atoms with Crippen molar-refractivity contribution in [3.8, 4) is 17.6 Å². The van der Waals surface area contributed by atoms with Gasteiger partial charge in [-0.2, -0.15) is 5.26 Å². The van der Waals surface area contributed by atoms with Gasteiger partial charge in [0.25, 0.3) is 11.8 Å². The minimum atomic E-state index is -0.678. The Morgan fingerprint density at radius 1 is 1.12 bits per heavy atom. The number of nitriles is 1. The normalized spacial score (nSPS) is 15.1. The van der Waals surface area contributed by atoms with E-state index in [-0.39, 0.29) is 17.7 Å². The number of ether oxygens (including phenoxy) is 2. The SMILES string of the molecule is C=CCOc1ccc(/C=C2/C(=O)N(Cc3ccc(F)cc3)C(=O)C(C#N)=C2C)cc1OC. The minimum absolute atomic E-state index is 0.0780. The lowest BCUT2D eigenvalue weighted by Crippen LogP contribution is -2.42. The van der Waals surface area contributed by atoms with E-state index >= 15 is 0 Å². The molecular weight excluding hydrogens is 411 g/mol. The van der Waals surface area contributed by atoms with E-state index in [4.69, 9.17) is 9.47 Å². The van der Waals surface area contributed by atoms with Crippen molar-refractivity contribution in [2.24, 2.45) is 0 Å². The number of carbonyl (C=O) groups is 2. The van der Waals surface area contributed by atoms with Gasteiger partial charge in [-0.15, -0.1) is 0 Å². The molecule has 1 heterocycles. The molecule has 0 bridgehead atoms. The Hall–Kier alpha value is -4.18. The highest BCUT2D eigenvalue weighted by Crippen LogP contribution is 2.32. The highest BCUT2D eigenvalue weighted by molar-refractivity contribution is 6.19. The molecule has 0 radical (unpaired) electrons. The molecule has 0 N–H and O–H groups in total. The Kier molecular flexibility index (Phi) is 6.86. The van der Waals surface area contributed by atoms with E-state index in [1.807, 2.05) is 6.07 Å². The standard InChI is InChI=1S/C25H21FN2O4/c1-4-11-32-22-10-7-18(13-23(22)31-3)12-20-16(2)21(14-27)25(30)28(24(20)29)15-17-5-8-19(26)9-6-17/h4-10,12-13H,1,11,15H2,2-3H3/b20-12+. The van der Waals surface area contributed by atoms with Gasteiger partial charge in [-0.1, -0.05) is 30.9 Å². The van der Waals surface area contributed by atoms with Crippen LogP contribution in [0, 0.1) is 17.1 Å². The number of halogens is 1. The summed E-state index contributed by atoms with van der Waals surface area (Å²) in [4.78, 5) is 27.0. The molecule has 1 aliphatic heterocycles. The number of rotatable bonds is 7.